The number of nitrogens with zero attached hydrogens (tertiary/aromatic N) is 2. The van der Waals surface area contributed by atoms with E-state index in [0.29, 0.717) is 0 Å². The average Bonchev–Trinajstić information content (AvgIpc) is 2.97. The molecule has 2 heterocycles. The number of hydrogen-bond acceptors (Lipinski definition) is 5. The van der Waals surface area contributed by atoms with Crippen LogP contribution in [0.15, 0.2) is 0 Å². The summed E-state index contributed by atoms with van der Waals surface area (Å²) in [4.78, 5) is 13.3. The zero-order valence-corrected chi connectivity index (χ0v) is 15.0. The Morgan fingerprint density at radius 1 is 1.23 bits per heavy atom. The van der Waals surface area contributed by atoms with Gasteiger partial charge < -0.3 is 20.1 Å². The minimum atomic E-state index is -3.01. The minimum absolute atomic E-state index is 0.0926. The Hall–Kier alpha value is -1.30. The maximum absolute atomic E-state index is 13.5. The molecule has 2 saturated heterocycles. The summed E-state index contributed by atoms with van der Waals surface area (Å²) < 4.78 is 32.5. The molecule has 3 aliphatic rings. The molecule has 0 bridgehead atoms. The quantitative estimate of drug-likeness (QED) is 0.781. The number of nitriles is 1. The number of rotatable bonds is 4. The Kier molecular flexibility index (Phi) is 5.52. The van der Waals surface area contributed by atoms with E-state index in [2.05, 4.69) is 5.32 Å². The number of likely N-dealkylation sites (tertiary alicyclic amines) is 1. The number of aliphatic hydroxyl groups excluding tert-OH is 1. The molecule has 6 nitrogen and oxygen atoms in total. The Balaban J connectivity index is 1.56. The van der Waals surface area contributed by atoms with Crippen LogP contribution in [0.3, 0.4) is 0 Å². The van der Waals surface area contributed by atoms with Crippen LogP contribution in [0, 0.1) is 16.7 Å². The third-order valence-electron chi connectivity index (χ3n) is 6.48. The molecule has 0 aromatic heterocycles. The molecule has 1 amide bonds. The van der Waals surface area contributed by atoms with Crippen molar-refractivity contribution in [3.05, 3.63) is 0 Å². The molecule has 26 heavy (non-hydrogen) atoms. The predicted molar refractivity (Wildman–Crippen MR) is 89.5 cm³/mol. The van der Waals surface area contributed by atoms with E-state index in [4.69, 9.17) is 10.00 Å². The second kappa shape index (κ2) is 7.37. The largest absolute Gasteiger partial charge is 0.394 e. The lowest BCUT2D eigenvalue weighted by atomic mass is 9.64. The lowest BCUT2D eigenvalue weighted by Gasteiger charge is -2.48. The number of carbonyl (C=O) groups excluding carboxylic acids is 1. The number of aliphatic hydroxyl groups is 1. The van der Waals surface area contributed by atoms with E-state index >= 15 is 0 Å². The first-order chi connectivity index (χ1) is 12.3. The lowest BCUT2D eigenvalue weighted by Crippen LogP contribution is -2.56. The van der Waals surface area contributed by atoms with Gasteiger partial charge >= 0.3 is 0 Å². The molecule has 0 radical (unpaired) electrons. The molecular formula is C18H27F2N3O3. The number of alkyl halides is 2. The summed E-state index contributed by atoms with van der Waals surface area (Å²) in [6, 6.07) is 0.705. The summed E-state index contributed by atoms with van der Waals surface area (Å²) in [5.74, 6) is -3.52. The van der Waals surface area contributed by atoms with Gasteiger partial charge in [-0.05, 0) is 43.9 Å². The van der Waals surface area contributed by atoms with Gasteiger partial charge in [0.2, 0.25) is 5.91 Å². The fourth-order valence-electron chi connectivity index (χ4n) is 4.51. The highest BCUT2D eigenvalue weighted by Gasteiger charge is 2.48. The van der Waals surface area contributed by atoms with Crippen LogP contribution in [0.4, 0.5) is 8.78 Å². The summed E-state index contributed by atoms with van der Waals surface area (Å²) in [5, 5.41) is 22.1. The third kappa shape index (κ3) is 4.00. The smallest absolute Gasteiger partial charge is 0.268 e. The molecule has 0 aromatic carbocycles. The maximum atomic E-state index is 13.5. The van der Waals surface area contributed by atoms with Crippen molar-refractivity contribution >= 4 is 5.91 Å². The number of ether oxygens (including phenoxy) is 1. The first kappa shape index (κ1) is 19.5. The molecule has 1 atom stereocenters. The van der Waals surface area contributed by atoms with Crippen molar-refractivity contribution in [1.29, 1.82) is 5.26 Å². The zero-order chi connectivity index (χ0) is 18.8. The van der Waals surface area contributed by atoms with Crippen LogP contribution in [0.2, 0.25) is 0 Å². The van der Waals surface area contributed by atoms with Crippen LogP contribution in [-0.2, 0) is 9.53 Å². The van der Waals surface area contributed by atoms with Gasteiger partial charge in [-0.25, -0.2) is 8.78 Å². The van der Waals surface area contributed by atoms with Crippen LogP contribution >= 0.6 is 0 Å². The van der Waals surface area contributed by atoms with E-state index in [1.807, 2.05) is 0 Å². The zero-order valence-electron chi connectivity index (χ0n) is 15.0. The van der Waals surface area contributed by atoms with Gasteiger partial charge in [-0.2, -0.15) is 5.26 Å². The van der Waals surface area contributed by atoms with Gasteiger partial charge in [0.1, 0.15) is 6.04 Å². The second-order valence-corrected chi connectivity index (χ2v) is 8.13. The summed E-state index contributed by atoms with van der Waals surface area (Å²) in [5.41, 5.74) is -0.283. The van der Waals surface area contributed by atoms with Crippen molar-refractivity contribution in [2.24, 2.45) is 5.41 Å². The molecule has 1 spiro atoms. The van der Waals surface area contributed by atoms with E-state index < -0.39 is 36.4 Å². The number of nitrogens with one attached hydrogen (secondary N) is 1. The molecule has 1 saturated carbocycles. The van der Waals surface area contributed by atoms with E-state index in [1.54, 1.807) is 6.07 Å². The topological polar surface area (TPSA) is 85.6 Å². The molecule has 3 fully saturated rings. The van der Waals surface area contributed by atoms with E-state index in [9.17, 15) is 18.7 Å². The molecule has 2 N–H and O–H groups in total. The van der Waals surface area contributed by atoms with Crippen molar-refractivity contribution in [2.75, 3.05) is 32.9 Å². The van der Waals surface area contributed by atoms with Crippen molar-refractivity contribution in [1.82, 2.24) is 10.2 Å². The van der Waals surface area contributed by atoms with Crippen molar-refractivity contribution < 1.29 is 23.4 Å². The van der Waals surface area contributed by atoms with Gasteiger partial charge in [0.25, 0.3) is 5.92 Å². The van der Waals surface area contributed by atoms with Crippen molar-refractivity contribution in [3.8, 4) is 6.07 Å². The Morgan fingerprint density at radius 3 is 2.46 bits per heavy atom. The molecule has 0 aromatic rings. The number of amides is 1. The van der Waals surface area contributed by atoms with Gasteiger partial charge in [-0.1, -0.05) is 0 Å². The van der Waals surface area contributed by atoms with E-state index in [0.717, 1.165) is 56.6 Å². The number of hydrogen-bond donors (Lipinski definition) is 2. The Bertz CT molecular complexity index is 563. The highest BCUT2D eigenvalue weighted by Crippen LogP contribution is 2.47. The van der Waals surface area contributed by atoms with E-state index in [1.165, 1.54) is 0 Å². The number of carbonyl (C=O) groups is 1. The SMILES string of the molecule is N#CC1CC(F)(F)CN1C(=O)CNC1(CO)CCC2(CCOCC2)CC1. The van der Waals surface area contributed by atoms with Crippen LogP contribution < -0.4 is 5.32 Å². The van der Waals surface area contributed by atoms with Crippen molar-refractivity contribution in [2.45, 2.75) is 62.4 Å². The molecule has 8 heteroatoms. The summed E-state index contributed by atoms with van der Waals surface area (Å²) in [6.07, 6.45) is 4.86. The molecule has 3 rings (SSSR count). The first-order valence-electron chi connectivity index (χ1n) is 9.33. The van der Waals surface area contributed by atoms with E-state index in [-0.39, 0.29) is 18.6 Å². The maximum Gasteiger partial charge on any atom is 0.268 e. The standard InChI is InChI=1S/C18H27F2N3O3/c19-18(20)9-14(10-21)23(12-18)15(25)11-22-17(13-24)3-1-16(2-4-17)5-7-26-8-6-16/h14,22,24H,1-9,11-13H2. The first-order valence-corrected chi connectivity index (χ1v) is 9.33. The normalized spacial score (nSPS) is 29.5. The van der Waals surface area contributed by atoms with Crippen LogP contribution in [0.25, 0.3) is 0 Å². The fourth-order valence-corrected chi connectivity index (χ4v) is 4.51. The summed E-state index contributed by atoms with van der Waals surface area (Å²) >= 11 is 0. The summed E-state index contributed by atoms with van der Waals surface area (Å²) in [7, 11) is 0. The van der Waals surface area contributed by atoms with Gasteiger partial charge in [0, 0.05) is 25.2 Å². The van der Waals surface area contributed by atoms with Crippen LogP contribution in [0.5, 0.6) is 0 Å². The average molecular weight is 371 g/mol. The predicted octanol–water partition coefficient (Wildman–Crippen LogP) is 1.44. The second-order valence-electron chi connectivity index (χ2n) is 8.13. The molecule has 1 aliphatic carbocycles. The lowest BCUT2D eigenvalue weighted by molar-refractivity contribution is -0.132. The highest BCUT2D eigenvalue weighted by molar-refractivity contribution is 5.79. The monoisotopic (exact) mass is 371 g/mol. The molecule has 1 unspecified atom stereocenters. The van der Waals surface area contributed by atoms with Crippen molar-refractivity contribution in [3.63, 3.8) is 0 Å². The molecule has 2 aliphatic heterocycles. The third-order valence-corrected chi connectivity index (χ3v) is 6.48. The Labute approximate surface area is 152 Å². The molecule has 146 valence electrons. The van der Waals surface area contributed by atoms with Crippen LogP contribution in [-0.4, -0.2) is 66.3 Å². The fraction of sp³-hybridized carbons (Fsp3) is 0.889. The van der Waals surface area contributed by atoms with Gasteiger partial charge in [0.05, 0.1) is 25.8 Å². The van der Waals surface area contributed by atoms with Gasteiger partial charge in [-0.3, -0.25) is 4.79 Å². The minimum Gasteiger partial charge on any atom is -0.394 e. The van der Waals surface area contributed by atoms with Gasteiger partial charge in [0.15, 0.2) is 0 Å². The van der Waals surface area contributed by atoms with Gasteiger partial charge in [-0.15, -0.1) is 0 Å². The summed E-state index contributed by atoms with van der Waals surface area (Å²) in [6.45, 7) is 0.615. The highest BCUT2D eigenvalue weighted by atomic mass is 19.3. The van der Waals surface area contributed by atoms with Crippen LogP contribution in [0.1, 0.15) is 44.9 Å². The molecular weight excluding hydrogens is 344 g/mol. The number of halogens is 2. The Morgan fingerprint density at radius 2 is 1.88 bits per heavy atom.